The van der Waals surface area contributed by atoms with Crippen LogP contribution in [0.2, 0.25) is 0 Å². The molecule has 4 rings (SSSR count). The molecule has 2 aliphatic rings. The number of carbonyl (C=O) groups is 1. The van der Waals surface area contributed by atoms with Gasteiger partial charge in [0.05, 0.1) is 6.67 Å². The molecule has 0 bridgehead atoms. The van der Waals surface area contributed by atoms with Crippen molar-refractivity contribution in [1.82, 2.24) is 19.2 Å². The Hall–Kier alpha value is -2.19. The van der Waals surface area contributed by atoms with Crippen molar-refractivity contribution in [2.24, 2.45) is 13.0 Å². The minimum Gasteiger partial charge on any atom is -0.486 e. The number of nitrogens with zero attached hydrogens (tertiary/aromatic N) is 4. The van der Waals surface area contributed by atoms with E-state index < -0.39 is 0 Å². The molecule has 8 heteroatoms. The standard InChI is InChI=1S/C18H22N4O3S/c1-20-11-19-22(18(20)26)12-21-6-4-13(5-7-21)17(23)14-2-3-15-16(10-14)25-9-8-24-15/h2-3,10-11,13H,4-9,12H2,1H3. The molecule has 1 saturated heterocycles. The summed E-state index contributed by atoms with van der Waals surface area (Å²) >= 11 is 5.33. The third-order valence-corrected chi connectivity index (χ3v) is 5.50. The highest BCUT2D eigenvalue weighted by molar-refractivity contribution is 7.71. The summed E-state index contributed by atoms with van der Waals surface area (Å²) in [5.41, 5.74) is 0.708. The van der Waals surface area contributed by atoms with Crippen LogP contribution in [0.15, 0.2) is 24.5 Å². The summed E-state index contributed by atoms with van der Waals surface area (Å²) in [6.07, 6.45) is 3.40. The Morgan fingerprint density at radius 2 is 1.96 bits per heavy atom. The molecule has 0 spiro atoms. The fourth-order valence-corrected chi connectivity index (χ4v) is 3.63. The number of rotatable bonds is 4. The number of ketones is 1. The normalized spacial score (nSPS) is 18.0. The highest BCUT2D eigenvalue weighted by atomic mass is 32.1. The van der Waals surface area contributed by atoms with Crippen LogP contribution < -0.4 is 9.47 Å². The number of hydrogen-bond acceptors (Lipinski definition) is 6. The quantitative estimate of drug-likeness (QED) is 0.604. The molecule has 1 aromatic heterocycles. The van der Waals surface area contributed by atoms with Crippen LogP contribution >= 0.6 is 12.2 Å². The number of likely N-dealkylation sites (tertiary alicyclic amines) is 1. The van der Waals surface area contributed by atoms with Crippen molar-refractivity contribution in [3.05, 3.63) is 34.9 Å². The first-order valence-corrected chi connectivity index (χ1v) is 9.27. The molecular formula is C18H22N4O3S. The Bertz CT molecular complexity index is 868. The van der Waals surface area contributed by atoms with Gasteiger partial charge in [-0.2, -0.15) is 5.10 Å². The van der Waals surface area contributed by atoms with Crippen molar-refractivity contribution in [2.45, 2.75) is 19.5 Å². The fourth-order valence-electron chi connectivity index (χ4n) is 3.48. The van der Waals surface area contributed by atoms with Gasteiger partial charge in [-0.05, 0) is 43.3 Å². The molecule has 1 aromatic carbocycles. The highest BCUT2D eigenvalue weighted by Crippen LogP contribution is 2.32. The van der Waals surface area contributed by atoms with E-state index in [2.05, 4.69) is 10.00 Å². The number of aromatic nitrogens is 3. The Morgan fingerprint density at radius 3 is 2.65 bits per heavy atom. The van der Waals surface area contributed by atoms with Gasteiger partial charge in [-0.3, -0.25) is 9.69 Å². The van der Waals surface area contributed by atoms with Crippen molar-refractivity contribution < 1.29 is 14.3 Å². The smallest absolute Gasteiger partial charge is 0.198 e. The maximum absolute atomic E-state index is 12.9. The third-order valence-electron chi connectivity index (χ3n) is 5.01. The number of Topliss-reactive ketones (excluding diaryl/α,β-unsaturated/α-hetero) is 1. The number of benzene rings is 1. The number of piperidine rings is 1. The van der Waals surface area contributed by atoms with Crippen LogP contribution in [0.1, 0.15) is 23.2 Å². The number of carbonyl (C=O) groups excluding carboxylic acids is 1. The van der Waals surface area contributed by atoms with Gasteiger partial charge < -0.3 is 14.0 Å². The van der Waals surface area contributed by atoms with Gasteiger partial charge in [-0.15, -0.1) is 0 Å². The monoisotopic (exact) mass is 374 g/mol. The maximum atomic E-state index is 12.9. The molecule has 26 heavy (non-hydrogen) atoms. The highest BCUT2D eigenvalue weighted by Gasteiger charge is 2.27. The van der Waals surface area contributed by atoms with Crippen LogP contribution in [-0.4, -0.2) is 51.3 Å². The number of aryl methyl sites for hydroxylation is 1. The van der Waals surface area contributed by atoms with Crippen LogP contribution in [0.4, 0.5) is 0 Å². The second kappa shape index (κ2) is 7.20. The Labute approximate surface area is 157 Å². The largest absolute Gasteiger partial charge is 0.486 e. The Balaban J connectivity index is 1.37. The second-order valence-corrected chi connectivity index (χ2v) is 7.15. The van der Waals surface area contributed by atoms with Gasteiger partial charge in [0, 0.05) is 31.6 Å². The van der Waals surface area contributed by atoms with Gasteiger partial charge in [-0.25, -0.2) is 4.68 Å². The van der Waals surface area contributed by atoms with E-state index in [1.54, 1.807) is 6.33 Å². The van der Waals surface area contributed by atoms with E-state index in [-0.39, 0.29) is 11.7 Å². The van der Waals surface area contributed by atoms with E-state index in [4.69, 9.17) is 21.7 Å². The predicted octanol–water partition coefficient (Wildman–Crippen LogP) is 2.27. The van der Waals surface area contributed by atoms with Crippen LogP contribution in [0.25, 0.3) is 0 Å². The van der Waals surface area contributed by atoms with E-state index in [0.717, 1.165) is 31.7 Å². The zero-order chi connectivity index (χ0) is 18.1. The van der Waals surface area contributed by atoms with E-state index in [1.165, 1.54) is 0 Å². The molecule has 1 fully saturated rings. The van der Waals surface area contributed by atoms with Crippen LogP contribution in [0, 0.1) is 10.7 Å². The summed E-state index contributed by atoms with van der Waals surface area (Å²) < 4.78 is 15.5. The van der Waals surface area contributed by atoms with Crippen LogP contribution in [0.3, 0.4) is 0 Å². The minimum atomic E-state index is 0.0468. The van der Waals surface area contributed by atoms with Crippen molar-refractivity contribution in [1.29, 1.82) is 0 Å². The molecule has 0 atom stereocenters. The van der Waals surface area contributed by atoms with Crippen molar-refractivity contribution >= 4 is 18.0 Å². The average Bonchev–Trinajstić information content (AvgIpc) is 3.00. The van der Waals surface area contributed by atoms with E-state index >= 15 is 0 Å². The molecular weight excluding hydrogens is 352 g/mol. The van der Waals surface area contributed by atoms with E-state index in [1.807, 2.05) is 34.5 Å². The maximum Gasteiger partial charge on any atom is 0.198 e. The third kappa shape index (κ3) is 3.39. The molecule has 0 aliphatic carbocycles. The lowest BCUT2D eigenvalue weighted by molar-refractivity contribution is 0.0802. The average molecular weight is 374 g/mol. The molecule has 0 N–H and O–H groups in total. The van der Waals surface area contributed by atoms with Gasteiger partial charge in [0.15, 0.2) is 22.1 Å². The predicted molar refractivity (Wildman–Crippen MR) is 98.1 cm³/mol. The molecule has 2 aliphatic heterocycles. The van der Waals surface area contributed by atoms with Gasteiger partial charge in [-0.1, -0.05) is 0 Å². The molecule has 7 nitrogen and oxygen atoms in total. The Kier molecular flexibility index (Phi) is 4.78. The molecule has 0 unspecified atom stereocenters. The van der Waals surface area contributed by atoms with Gasteiger partial charge in [0.2, 0.25) is 0 Å². The Morgan fingerprint density at radius 1 is 1.23 bits per heavy atom. The van der Waals surface area contributed by atoms with Crippen LogP contribution in [0.5, 0.6) is 11.5 Å². The SMILES string of the molecule is Cn1cnn(CN2CCC(C(=O)c3ccc4c(c3)OCCO4)CC2)c1=S. The first-order valence-electron chi connectivity index (χ1n) is 8.86. The van der Waals surface area contributed by atoms with E-state index in [0.29, 0.717) is 36.0 Å². The summed E-state index contributed by atoms with van der Waals surface area (Å²) in [5.74, 6) is 1.63. The zero-order valence-electron chi connectivity index (χ0n) is 14.8. The first kappa shape index (κ1) is 17.2. The van der Waals surface area contributed by atoms with Crippen LogP contribution in [-0.2, 0) is 13.7 Å². The summed E-state index contributed by atoms with van der Waals surface area (Å²) in [7, 11) is 1.89. The summed E-state index contributed by atoms with van der Waals surface area (Å²) in [6, 6.07) is 5.49. The fraction of sp³-hybridized carbons (Fsp3) is 0.500. The number of hydrogen-bond donors (Lipinski definition) is 0. The van der Waals surface area contributed by atoms with Gasteiger partial charge in [0.25, 0.3) is 0 Å². The molecule has 3 heterocycles. The molecule has 2 aromatic rings. The molecule has 0 amide bonds. The van der Waals surface area contributed by atoms with Crippen molar-refractivity contribution in [3.63, 3.8) is 0 Å². The summed E-state index contributed by atoms with van der Waals surface area (Å²) in [6.45, 7) is 3.47. The minimum absolute atomic E-state index is 0.0468. The lowest BCUT2D eigenvalue weighted by atomic mass is 9.89. The second-order valence-electron chi connectivity index (χ2n) is 6.78. The topological polar surface area (TPSA) is 61.5 Å². The summed E-state index contributed by atoms with van der Waals surface area (Å²) in [4.78, 5) is 15.1. The lowest BCUT2D eigenvalue weighted by Gasteiger charge is -2.31. The van der Waals surface area contributed by atoms with Gasteiger partial charge >= 0.3 is 0 Å². The first-order chi connectivity index (χ1) is 12.6. The van der Waals surface area contributed by atoms with Gasteiger partial charge in [0.1, 0.15) is 19.5 Å². The lowest BCUT2D eigenvalue weighted by Crippen LogP contribution is -2.37. The number of fused-ring (bicyclic) bond motifs is 1. The molecule has 138 valence electrons. The van der Waals surface area contributed by atoms with Crippen molar-refractivity contribution in [3.8, 4) is 11.5 Å². The zero-order valence-corrected chi connectivity index (χ0v) is 15.6. The van der Waals surface area contributed by atoms with Crippen molar-refractivity contribution in [2.75, 3.05) is 26.3 Å². The molecule has 0 radical (unpaired) electrons. The molecule has 0 saturated carbocycles. The van der Waals surface area contributed by atoms with E-state index in [9.17, 15) is 4.79 Å². The number of ether oxygens (including phenoxy) is 2. The summed E-state index contributed by atoms with van der Waals surface area (Å²) in [5, 5.41) is 4.29.